The summed E-state index contributed by atoms with van der Waals surface area (Å²) in [5.74, 6) is 2.21. The SMILES string of the molecule is NCC1OB(O)c2c1ccc1c2OCCO1.O=[N+]([O-])CC1OB(O)c2c1ccc1c2OCCO1. The Hall–Kier alpha value is -3.03. The Morgan fingerprint density at radius 3 is 1.82 bits per heavy atom. The molecule has 0 bridgehead atoms. The van der Waals surface area contributed by atoms with E-state index in [0.717, 1.165) is 5.56 Å². The lowest BCUT2D eigenvalue weighted by Crippen LogP contribution is -2.32. The lowest BCUT2D eigenvalue weighted by molar-refractivity contribution is -0.490. The summed E-state index contributed by atoms with van der Waals surface area (Å²) in [6.45, 7) is 1.80. The minimum atomic E-state index is -1.21. The summed E-state index contributed by atoms with van der Waals surface area (Å²) in [4.78, 5) is 10.1. The maximum absolute atomic E-state index is 10.5. The standard InChI is InChI=1S/C10H10BNO6.C10H12BNO4/c13-11-9-6(8(18-11)5-12(14)15)1-2-7-10(9)17-4-3-16-7;12-5-8-6-1-2-7-10(15-4-3-14-7)9(6)11(13)16-8/h1-2,8,13H,3-5H2;1-2,8,13H,3-5,12H2. The molecule has 0 saturated heterocycles. The van der Waals surface area contributed by atoms with Crippen molar-refractivity contribution in [3.8, 4) is 23.0 Å². The molecule has 6 rings (SSSR count). The number of fused-ring (bicyclic) bond motifs is 6. The Kier molecular flexibility index (Phi) is 6.23. The Bertz CT molecular complexity index is 1100. The summed E-state index contributed by atoms with van der Waals surface area (Å²) in [5.41, 5.74) is 8.16. The van der Waals surface area contributed by atoms with Crippen LogP contribution in [0.5, 0.6) is 23.0 Å². The van der Waals surface area contributed by atoms with Crippen molar-refractivity contribution < 1.29 is 43.2 Å². The maximum Gasteiger partial charge on any atom is 0.496 e. The zero-order chi connectivity index (χ0) is 23.8. The molecule has 0 amide bonds. The van der Waals surface area contributed by atoms with Crippen molar-refractivity contribution in [2.24, 2.45) is 5.73 Å². The molecule has 14 heteroatoms. The van der Waals surface area contributed by atoms with Crippen molar-refractivity contribution in [2.75, 3.05) is 39.5 Å². The van der Waals surface area contributed by atoms with E-state index in [-0.39, 0.29) is 12.6 Å². The van der Waals surface area contributed by atoms with E-state index in [2.05, 4.69) is 0 Å². The van der Waals surface area contributed by atoms with Gasteiger partial charge in [0.05, 0.1) is 6.10 Å². The monoisotopic (exact) mass is 472 g/mol. The third-order valence-corrected chi connectivity index (χ3v) is 5.86. The van der Waals surface area contributed by atoms with Crippen molar-refractivity contribution in [1.29, 1.82) is 0 Å². The van der Waals surface area contributed by atoms with Crippen molar-refractivity contribution >= 4 is 25.2 Å². The average molecular weight is 472 g/mol. The van der Waals surface area contributed by atoms with Crippen LogP contribution in [0.25, 0.3) is 0 Å². The fourth-order valence-corrected chi connectivity index (χ4v) is 4.43. The summed E-state index contributed by atoms with van der Waals surface area (Å²) in [7, 11) is -2.18. The van der Waals surface area contributed by atoms with E-state index in [1.807, 2.05) is 12.1 Å². The lowest BCUT2D eigenvalue weighted by atomic mass is 9.78. The summed E-state index contributed by atoms with van der Waals surface area (Å²) < 4.78 is 32.3. The van der Waals surface area contributed by atoms with Crippen molar-refractivity contribution in [3.63, 3.8) is 0 Å². The van der Waals surface area contributed by atoms with Crippen LogP contribution in [-0.2, 0) is 9.31 Å². The average Bonchev–Trinajstić information content (AvgIpc) is 3.35. The second-order valence-corrected chi connectivity index (χ2v) is 7.89. The molecule has 2 aromatic carbocycles. The molecule has 4 N–H and O–H groups in total. The molecule has 178 valence electrons. The molecule has 2 aromatic rings. The van der Waals surface area contributed by atoms with Crippen LogP contribution in [-0.4, -0.2) is 68.7 Å². The zero-order valence-corrected chi connectivity index (χ0v) is 18.0. The molecule has 4 heterocycles. The Morgan fingerprint density at radius 2 is 1.32 bits per heavy atom. The van der Waals surface area contributed by atoms with E-state index in [4.69, 9.17) is 34.0 Å². The van der Waals surface area contributed by atoms with Crippen molar-refractivity contribution in [1.82, 2.24) is 0 Å². The lowest BCUT2D eigenvalue weighted by Gasteiger charge is -2.21. The van der Waals surface area contributed by atoms with Gasteiger partial charge in [-0.2, -0.15) is 0 Å². The first-order valence-corrected chi connectivity index (χ1v) is 10.8. The normalized spacial score (nSPS) is 21.4. The Balaban J connectivity index is 0.000000142. The second kappa shape index (κ2) is 9.31. The fourth-order valence-electron chi connectivity index (χ4n) is 4.43. The molecule has 0 fully saturated rings. The number of nitrogens with two attached hydrogens (primary N) is 1. The molecule has 0 saturated carbocycles. The molecule has 4 aliphatic heterocycles. The third-order valence-electron chi connectivity index (χ3n) is 5.86. The topological polar surface area (TPSA) is 165 Å². The molecule has 12 nitrogen and oxygen atoms in total. The first kappa shape index (κ1) is 22.7. The minimum Gasteiger partial charge on any atom is -0.486 e. The molecule has 34 heavy (non-hydrogen) atoms. The highest BCUT2D eigenvalue weighted by molar-refractivity contribution is 6.63. The van der Waals surface area contributed by atoms with E-state index >= 15 is 0 Å². The van der Waals surface area contributed by atoms with Crippen LogP contribution < -0.4 is 35.6 Å². The molecular weight excluding hydrogens is 450 g/mol. The summed E-state index contributed by atoms with van der Waals surface area (Å²) in [6, 6.07) is 7.06. The number of nitro groups is 1. The van der Waals surface area contributed by atoms with Gasteiger partial charge in [0, 0.05) is 22.4 Å². The molecule has 4 aliphatic rings. The predicted molar refractivity (Wildman–Crippen MR) is 119 cm³/mol. The van der Waals surface area contributed by atoms with Gasteiger partial charge in [-0.25, -0.2) is 0 Å². The van der Waals surface area contributed by atoms with E-state index in [1.165, 1.54) is 0 Å². The molecule has 0 aromatic heterocycles. The van der Waals surface area contributed by atoms with Crippen LogP contribution in [0, 0.1) is 10.1 Å². The predicted octanol–water partition coefficient (Wildman–Crippen LogP) is -1.33. The third kappa shape index (κ3) is 4.03. The number of hydrogen-bond donors (Lipinski definition) is 3. The number of hydrogen-bond acceptors (Lipinski definition) is 11. The Labute approximate surface area is 194 Å². The van der Waals surface area contributed by atoms with Crippen LogP contribution in [0.2, 0.25) is 0 Å². The molecular formula is C20H22B2N2O10. The van der Waals surface area contributed by atoms with Gasteiger partial charge in [0.2, 0.25) is 6.54 Å². The van der Waals surface area contributed by atoms with E-state index in [9.17, 15) is 20.2 Å². The van der Waals surface area contributed by atoms with Crippen molar-refractivity contribution in [3.05, 3.63) is 45.5 Å². The molecule has 0 spiro atoms. The minimum absolute atomic E-state index is 0.263. The van der Waals surface area contributed by atoms with Gasteiger partial charge in [0.1, 0.15) is 32.5 Å². The van der Waals surface area contributed by atoms with Gasteiger partial charge < -0.3 is 44.0 Å². The summed E-state index contributed by atoms with van der Waals surface area (Å²) >= 11 is 0. The number of ether oxygens (including phenoxy) is 4. The first-order valence-electron chi connectivity index (χ1n) is 10.8. The van der Waals surface area contributed by atoms with Crippen LogP contribution in [0.4, 0.5) is 0 Å². The molecule has 2 atom stereocenters. The number of benzene rings is 2. The van der Waals surface area contributed by atoms with Gasteiger partial charge >= 0.3 is 14.2 Å². The van der Waals surface area contributed by atoms with Crippen LogP contribution >= 0.6 is 0 Å². The molecule has 2 unspecified atom stereocenters. The second-order valence-electron chi connectivity index (χ2n) is 7.89. The van der Waals surface area contributed by atoms with Gasteiger partial charge in [-0.3, -0.25) is 10.1 Å². The highest BCUT2D eigenvalue weighted by Gasteiger charge is 2.42. The molecule has 0 aliphatic carbocycles. The summed E-state index contributed by atoms with van der Waals surface area (Å²) in [5, 5.41) is 30.2. The maximum atomic E-state index is 10.5. The largest absolute Gasteiger partial charge is 0.496 e. The van der Waals surface area contributed by atoms with Gasteiger partial charge in [-0.1, -0.05) is 12.1 Å². The van der Waals surface area contributed by atoms with Crippen LogP contribution in [0.1, 0.15) is 23.3 Å². The highest BCUT2D eigenvalue weighted by Crippen LogP contribution is 2.36. The van der Waals surface area contributed by atoms with Gasteiger partial charge in [-0.05, 0) is 23.3 Å². The zero-order valence-electron chi connectivity index (χ0n) is 18.0. The number of nitrogens with zero attached hydrogens (tertiary/aromatic N) is 1. The Morgan fingerprint density at radius 1 is 0.853 bits per heavy atom. The smallest absolute Gasteiger partial charge is 0.486 e. The highest BCUT2D eigenvalue weighted by atomic mass is 16.6. The van der Waals surface area contributed by atoms with E-state index in [0.29, 0.717) is 72.5 Å². The molecule has 0 radical (unpaired) electrons. The first-order chi connectivity index (χ1) is 16.5. The van der Waals surface area contributed by atoms with Crippen LogP contribution in [0.15, 0.2) is 24.3 Å². The quantitative estimate of drug-likeness (QED) is 0.275. The van der Waals surface area contributed by atoms with Gasteiger partial charge in [-0.15, -0.1) is 0 Å². The van der Waals surface area contributed by atoms with Gasteiger partial charge in [0.15, 0.2) is 23.0 Å². The fraction of sp³-hybridized carbons (Fsp3) is 0.400. The summed E-state index contributed by atoms with van der Waals surface area (Å²) in [6.07, 6.45) is -1.01. The van der Waals surface area contributed by atoms with Crippen LogP contribution in [0.3, 0.4) is 0 Å². The number of rotatable bonds is 3. The van der Waals surface area contributed by atoms with E-state index < -0.39 is 25.3 Å². The van der Waals surface area contributed by atoms with Crippen molar-refractivity contribution in [2.45, 2.75) is 12.2 Å². The van der Waals surface area contributed by atoms with Gasteiger partial charge in [0.25, 0.3) is 0 Å². The van der Waals surface area contributed by atoms with E-state index in [1.54, 1.807) is 12.1 Å².